The van der Waals surface area contributed by atoms with Crippen LogP contribution in [0.4, 0.5) is 11.4 Å². The van der Waals surface area contributed by atoms with Gasteiger partial charge in [-0.15, -0.1) is 0 Å². The van der Waals surface area contributed by atoms with Gasteiger partial charge in [0.2, 0.25) is 0 Å². The van der Waals surface area contributed by atoms with Crippen LogP contribution in [0.5, 0.6) is 5.75 Å². The molecule has 0 aliphatic heterocycles. The molecule has 0 saturated heterocycles. The first kappa shape index (κ1) is 21.3. The molecule has 1 amide bonds. The Morgan fingerprint density at radius 2 is 1.96 bits per heavy atom. The second kappa shape index (κ2) is 9.80. The van der Waals surface area contributed by atoms with Gasteiger partial charge < -0.3 is 10.1 Å². The van der Waals surface area contributed by atoms with E-state index in [-0.39, 0.29) is 10.8 Å². The van der Waals surface area contributed by atoms with Gasteiger partial charge in [-0.25, -0.2) is 0 Å². The summed E-state index contributed by atoms with van der Waals surface area (Å²) in [5.41, 5.74) is 1.28. The minimum atomic E-state index is -0.465. The van der Waals surface area contributed by atoms with E-state index < -0.39 is 10.8 Å². The second-order valence-corrected chi connectivity index (χ2v) is 7.08. The van der Waals surface area contributed by atoms with Crippen LogP contribution in [0.1, 0.15) is 36.2 Å². The van der Waals surface area contributed by atoms with Gasteiger partial charge in [-0.2, -0.15) is 0 Å². The third kappa shape index (κ3) is 6.02. The number of carbonyl (C=O) groups is 1. The molecule has 7 nitrogen and oxygen atoms in total. The first-order chi connectivity index (χ1) is 13.3. The Balaban J connectivity index is 2.00. The summed E-state index contributed by atoms with van der Waals surface area (Å²) in [6.45, 7) is 6.42. The van der Waals surface area contributed by atoms with E-state index in [2.05, 4.69) is 24.5 Å². The fraction of sp³-hybridized carbons (Fsp3) is 0.300. The topological polar surface area (TPSA) is 93.5 Å². The predicted molar refractivity (Wildman–Crippen MR) is 113 cm³/mol. The van der Waals surface area contributed by atoms with Gasteiger partial charge in [0.25, 0.3) is 11.6 Å². The van der Waals surface area contributed by atoms with Crippen LogP contribution in [0, 0.1) is 23.0 Å². The Kier molecular flexibility index (Phi) is 7.45. The van der Waals surface area contributed by atoms with Gasteiger partial charge in [0.1, 0.15) is 5.75 Å². The summed E-state index contributed by atoms with van der Waals surface area (Å²) in [5.74, 6) is 0.754. The Bertz CT molecular complexity index is 884. The number of anilines is 1. The summed E-state index contributed by atoms with van der Waals surface area (Å²) in [6, 6.07) is 11.5. The summed E-state index contributed by atoms with van der Waals surface area (Å²) in [5, 5.41) is 16.5. The molecule has 0 radical (unpaired) electrons. The number of hydrogen-bond acceptors (Lipinski definition) is 5. The fourth-order valence-corrected chi connectivity index (χ4v) is 2.63. The summed E-state index contributed by atoms with van der Waals surface area (Å²) in [4.78, 5) is 23.0. The zero-order valence-electron chi connectivity index (χ0n) is 16.0. The minimum absolute atomic E-state index is 0.0228. The predicted octanol–water partition coefficient (Wildman–Crippen LogP) is 4.45. The zero-order chi connectivity index (χ0) is 20.7. The Morgan fingerprint density at radius 1 is 1.25 bits per heavy atom. The first-order valence-corrected chi connectivity index (χ1v) is 9.28. The fourth-order valence-electron chi connectivity index (χ4n) is 2.43. The molecule has 28 heavy (non-hydrogen) atoms. The van der Waals surface area contributed by atoms with Crippen molar-refractivity contribution in [3.05, 3.63) is 63.7 Å². The molecule has 0 fully saturated rings. The van der Waals surface area contributed by atoms with E-state index in [0.717, 1.165) is 6.42 Å². The molecule has 2 N–H and O–H groups in total. The number of hydrogen-bond donors (Lipinski definition) is 2. The van der Waals surface area contributed by atoms with Crippen LogP contribution in [0.2, 0.25) is 0 Å². The summed E-state index contributed by atoms with van der Waals surface area (Å²) < 4.78 is 5.67. The van der Waals surface area contributed by atoms with Crippen molar-refractivity contribution in [3.63, 3.8) is 0 Å². The molecule has 148 valence electrons. The van der Waals surface area contributed by atoms with E-state index in [4.69, 9.17) is 17.0 Å². The van der Waals surface area contributed by atoms with Gasteiger partial charge in [-0.1, -0.05) is 26.0 Å². The smallest absolute Gasteiger partial charge is 0.274 e. The van der Waals surface area contributed by atoms with Crippen LogP contribution < -0.4 is 15.4 Å². The molecule has 0 saturated carbocycles. The molecule has 0 bridgehead atoms. The van der Waals surface area contributed by atoms with Gasteiger partial charge in [-0.3, -0.25) is 20.2 Å². The Hall–Kier alpha value is -3.00. The second-order valence-electron chi connectivity index (χ2n) is 6.67. The SMILES string of the molecule is Cc1c(NC(=S)NC(=O)c2cccc(OCCC(C)C)c2)cccc1[N+](=O)[O-]. The standard InChI is InChI=1S/C20H23N3O4S/c1-13(2)10-11-27-16-7-4-6-15(12-16)19(24)22-20(28)21-17-8-5-9-18(14(17)3)23(25)26/h4-9,12-13H,10-11H2,1-3H3,(H2,21,22,24,28). The lowest BCUT2D eigenvalue weighted by molar-refractivity contribution is -0.385. The third-order valence-electron chi connectivity index (χ3n) is 4.04. The molecular weight excluding hydrogens is 378 g/mol. The zero-order valence-corrected chi connectivity index (χ0v) is 16.8. The van der Waals surface area contributed by atoms with Crippen molar-refractivity contribution >= 4 is 34.6 Å². The van der Waals surface area contributed by atoms with Gasteiger partial charge in [0.05, 0.1) is 22.8 Å². The van der Waals surface area contributed by atoms with E-state index in [1.165, 1.54) is 6.07 Å². The lowest BCUT2D eigenvalue weighted by Gasteiger charge is -2.12. The van der Waals surface area contributed by atoms with Crippen molar-refractivity contribution in [3.8, 4) is 5.75 Å². The lowest BCUT2D eigenvalue weighted by Crippen LogP contribution is -2.34. The molecule has 0 heterocycles. The average molecular weight is 401 g/mol. The average Bonchev–Trinajstić information content (AvgIpc) is 2.63. The molecule has 2 rings (SSSR count). The number of ether oxygens (including phenoxy) is 1. The highest BCUT2D eigenvalue weighted by Crippen LogP contribution is 2.25. The maximum Gasteiger partial charge on any atom is 0.274 e. The molecule has 0 aliphatic rings. The van der Waals surface area contributed by atoms with Crippen LogP contribution in [0.25, 0.3) is 0 Å². The van der Waals surface area contributed by atoms with Gasteiger partial charge >= 0.3 is 0 Å². The largest absolute Gasteiger partial charge is 0.494 e. The highest BCUT2D eigenvalue weighted by atomic mass is 32.1. The van der Waals surface area contributed by atoms with Crippen LogP contribution in [-0.4, -0.2) is 22.5 Å². The maximum absolute atomic E-state index is 12.4. The summed E-state index contributed by atoms with van der Waals surface area (Å²) >= 11 is 5.17. The van der Waals surface area contributed by atoms with E-state index in [0.29, 0.717) is 35.1 Å². The molecule has 0 aliphatic carbocycles. The number of rotatable bonds is 7. The maximum atomic E-state index is 12.4. The first-order valence-electron chi connectivity index (χ1n) is 8.87. The third-order valence-corrected chi connectivity index (χ3v) is 4.24. The summed E-state index contributed by atoms with van der Waals surface area (Å²) in [7, 11) is 0. The molecule has 2 aromatic rings. The summed E-state index contributed by atoms with van der Waals surface area (Å²) in [6.07, 6.45) is 0.924. The number of carbonyl (C=O) groups excluding carboxylic acids is 1. The lowest BCUT2D eigenvalue weighted by atomic mass is 10.1. The van der Waals surface area contributed by atoms with Crippen molar-refractivity contribution in [1.29, 1.82) is 0 Å². The Morgan fingerprint density at radius 3 is 2.64 bits per heavy atom. The quantitative estimate of drug-likeness (QED) is 0.404. The minimum Gasteiger partial charge on any atom is -0.494 e. The van der Waals surface area contributed by atoms with Gasteiger partial charge in [-0.05, 0) is 55.7 Å². The molecule has 8 heteroatoms. The molecule has 0 unspecified atom stereocenters. The number of amides is 1. The number of benzene rings is 2. The van der Waals surface area contributed by atoms with Crippen LogP contribution >= 0.6 is 12.2 Å². The van der Waals surface area contributed by atoms with E-state index >= 15 is 0 Å². The molecule has 2 aromatic carbocycles. The molecule has 0 aromatic heterocycles. The van der Waals surface area contributed by atoms with Crippen LogP contribution in [0.15, 0.2) is 42.5 Å². The van der Waals surface area contributed by atoms with Gasteiger partial charge in [0.15, 0.2) is 5.11 Å². The number of thiocarbonyl (C=S) groups is 1. The monoisotopic (exact) mass is 401 g/mol. The van der Waals surface area contributed by atoms with Crippen molar-refractivity contribution in [2.45, 2.75) is 27.2 Å². The van der Waals surface area contributed by atoms with Crippen molar-refractivity contribution in [1.82, 2.24) is 5.32 Å². The van der Waals surface area contributed by atoms with Gasteiger partial charge in [0, 0.05) is 11.6 Å². The Labute approximate surface area is 169 Å². The van der Waals surface area contributed by atoms with Crippen molar-refractivity contribution in [2.75, 3.05) is 11.9 Å². The van der Waals surface area contributed by atoms with Crippen LogP contribution in [0.3, 0.4) is 0 Å². The van der Waals surface area contributed by atoms with Crippen molar-refractivity contribution in [2.24, 2.45) is 5.92 Å². The normalized spacial score (nSPS) is 10.4. The number of nitrogens with zero attached hydrogens (tertiary/aromatic N) is 1. The van der Waals surface area contributed by atoms with E-state index in [1.54, 1.807) is 43.3 Å². The molecule has 0 atom stereocenters. The van der Waals surface area contributed by atoms with E-state index in [9.17, 15) is 14.9 Å². The van der Waals surface area contributed by atoms with E-state index in [1.807, 2.05) is 0 Å². The number of nitro benzene ring substituents is 1. The van der Waals surface area contributed by atoms with Crippen molar-refractivity contribution < 1.29 is 14.5 Å². The highest BCUT2D eigenvalue weighted by molar-refractivity contribution is 7.80. The number of nitro groups is 1. The molecular formula is C20H23N3O4S. The highest BCUT2D eigenvalue weighted by Gasteiger charge is 2.15. The number of nitrogens with one attached hydrogen (secondary N) is 2. The molecule has 0 spiro atoms. The van der Waals surface area contributed by atoms with Crippen LogP contribution in [-0.2, 0) is 0 Å².